The number of aromatic hydroxyl groups is 1. The van der Waals surface area contributed by atoms with E-state index < -0.39 is 17.7 Å². The van der Waals surface area contributed by atoms with Crippen molar-refractivity contribution in [3.63, 3.8) is 0 Å². The van der Waals surface area contributed by atoms with Crippen molar-refractivity contribution in [2.24, 2.45) is 0 Å². The maximum atomic E-state index is 14.7. The number of aromatic nitrogens is 2. The fourth-order valence-electron chi connectivity index (χ4n) is 3.27. The first-order valence-corrected chi connectivity index (χ1v) is 9.22. The van der Waals surface area contributed by atoms with Crippen molar-refractivity contribution in [1.82, 2.24) is 9.97 Å². The van der Waals surface area contributed by atoms with Crippen molar-refractivity contribution >= 4 is 28.3 Å². The van der Waals surface area contributed by atoms with Crippen LogP contribution in [0.15, 0.2) is 60.9 Å². The average molecular weight is 412 g/mol. The third kappa shape index (κ3) is 3.71. The molecule has 2 aromatic heterocycles. The van der Waals surface area contributed by atoms with Gasteiger partial charge < -0.3 is 10.4 Å². The van der Waals surface area contributed by atoms with Crippen molar-refractivity contribution in [2.75, 3.05) is 5.32 Å². The van der Waals surface area contributed by atoms with Gasteiger partial charge in [0.25, 0.3) is 0 Å². The van der Waals surface area contributed by atoms with Crippen LogP contribution in [0.4, 0.5) is 14.6 Å². The predicted octanol–water partition coefficient (Wildman–Crippen LogP) is 5.78. The molecular formula is C22H16ClF2N3O. The molecule has 0 aliphatic rings. The molecule has 0 bridgehead atoms. The lowest BCUT2D eigenvalue weighted by Crippen LogP contribution is -2.16. The van der Waals surface area contributed by atoms with E-state index in [4.69, 9.17) is 11.6 Å². The van der Waals surface area contributed by atoms with Crippen molar-refractivity contribution in [1.29, 1.82) is 0 Å². The zero-order valence-corrected chi connectivity index (χ0v) is 16.1. The van der Waals surface area contributed by atoms with Gasteiger partial charge in [0.2, 0.25) is 0 Å². The van der Waals surface area contributed by atoms with Gasteiger partial charge >= 0.3 is 0 Å². The Kier molecular flexibility index (Phi) is 5.03. The topological polar surface area (TPSA) is 58.0 Å². The molecule has 2 N–H and O–H groups in total. The highest BCUT2D eigenvalue weighted by Gasteiger charge is 2.24. The van der Waals surface area contributed by atoms with Crippen LogP contribution in [0.25, 0.3) is 10.9 Å². The smallest absolute Gasteiger partial charge is 0.147 e. The van der Waals surface area contributed by atoms with Gasteiger partial charge in [0.05, 0.1) is 11.1 Å². The summed E-state index contributed by atoms with van der Waals surface area (Å²) < 4.78 is 28.2. The number of phenolic OH excluding ortho intramolecular Hbond substituents is 1. The summed E-state index contributed by atoms with van der Waals surface area (Å²) in [5.74, 6) is -1.05. The van der Waals surface area contributed by atoms with Crippen LogP contribution in [-0.4, -0.2) is 15.1 Å². The monoisotopic (exact) mass is 411 g/mol. The fourth-order valence-corrected chi connectivity index (χ4v) is 3.48. The molecule has 146 valence electrons. The zero-order chi connectivity index (χ0) is 20.5. The Bertz CT molecular complexity index is 1220. The third-order valence-electron chi connectivity index (χ3n) is 4.69. The van der Waals surface area contributed by atoms with Crippen LogP contribution in [0.2, 0.25) is 5.02 Å². The molecule has 0 fully saturated rings. The summed E-state index contributed by atoms with van der Waals surface area (Å²) in [6.45, 7) is 1.81. The van der Waals surface area contributed by atoms with Gasteiger partial charge in [-0.3, -0.25) is 4.98 Å². The van der Waals surface area contributed by atoms with Crippen molar-refractivity contribution < 1.29 is 13.9 Å². The lowest BCUT2D eigenvalue weighted by Gasteiger charge is -2.23. The van der Waals surface area contributed by atoms with Gasteiger partial charge in [-0.05, 0) is 30.7 Å². The average Bonchev–Trinajstić information content (AvgIpc) is 2.69. The van der Waals surface area contributed by atoms with Gasteiger partial charge in [0.15, 0.2) is 0 Å². The van der Waals surface area contributed by atoms with Crippen LogP contribution >= 0.6 is 11.6 Å². The molecule has 29 heavy (non-hydrogen) atoms. The Morgan fingerprint density at radius 1 is 1.03 bits per heavy atom. The minimum Gasteiger partial charge on any atom is -0.505 e. The standard InChI is InChI=1S/C22H16ClF2N3O/c1-12-9-14(23)11-27-22(12)28-20(16-7-5-15(24)10-18(16)25)17-6-4-13-3-2-8-26-19(13)21(17)29/h2-11,20,29H,1H3,(H,27,28). The number of phenols is 1. The van der Waals surface area contributed by atoms with Crippen molar-refractivity contribution in [3.8, 4) is 5.75 Å². The number of nitrogens with one attached hydrogen (secondary N) is 1. The van der Waals surface area contributed by atoms with Crippen LogP contribution in [0.1, 0.15) is 22.7 Å². The minimum atomic E-state index is -0.839. The van der Waals surface area contributed by atoms with Crippen LogP contribution in [-0.2, 0) is 0 Å². The number of aryl methyl sites for hydroxylation is 1. The fraction of sp³-hybridized carbons (Fsp3) is 0.0909. The number of nitrogens with zero attached hydrogens (tertiary/aromatic N) is 2. The highest BCUT2D eigenvalue weighted by Crippen LogP contribution is 2.37. The number of rotatable bonds is 4. The second-order valence-corrected chi connectivity index (χ2v) is 7.08. The molecule has 1 unspecified atom stereocenters. The van der Waals surface area contributed by atoms with E-state index in [1.165, 1.54) is 18.3 Å². The molecule has 4 rings (SSSR count). The number of hydrogen-bond acceptors (Lipinski definition) is 4. The summed E-state index contributed by atoms with van der Waals surface area (Å²) in [6.07, 6.45) is 3.04. The number of pyridine rings is 2. The van der Waals surface area contributed by atoms with E-state index in [-0.39, 0.29) is 11.3 Å². The van der Waals surface area contributed by atoms with Gasteiger partial charge in [-0.15, -0.1) is 0 Å². The predicted molar refractivity (Wildman–Crippen MR) is 109 cm³/mol. The SMILES string of the molecule is Cc1cc(Cl)cnc1NC(c1ccc(F)cc1F)c1ccc2cccnc2c1O. The molecule has 0 saturated heterocycles. The molecule has 0 amide bonds. The molecule has 4 nitrogen and oxygen atoms in total. The first-order chi connectivity index (χ1) is 13.9. The van der Waals surface area contributed by atoms with Gasteiger partial charge in [-0.2, -0.15) is 0 Å². The maximum Gasteiger partial charge on any atom is 0.147 e. The van der Waals surface area contributed by atoms with E-state index >= 15 is 0 Å². The first-order valence-electron chi connectivity index (χ1n) is 8.84. The lowest BCUT2D eigenvalue weighted by molar-refractivity contribution is 0.470. The van der Waals surface area contributed by atoms with Crippen LogP contribution in [0.3, 0.4) is 0 Å². The number of fused-ring (bicyclic) bond motifs is 1. The molecule has 7 heteroatoms. The number of hydrogen-bond donors (Lipinski definition) is 2. The Labute approximate surface area is 170 Å². The quantitative estimate of drug-likeness (QED) is 0.447. The molecular weight excluding hydrogens is 396 g/mol. The highest BCUT2D eigenvalue weighted by atomic mass is 35.5. The van der Waals surface area contributed by atoms with E-state index in [1.807, 2.05) is 6.07 Å². The minimum absolute atomic E-state index is 0.0871. The van der Waals surface area contributed by atoms with Crippen molar-refractivity contribution in [3.05, 3.63) is 94.3 Å². The summed E-state index contributed by atoms with van der Waals surface area (Å²) in [7, 11) is 0. The van der Waals surface area contributed by atoms with E-state index in [9.17, 15) is 13.9 Å². The van der Waals surface area contributed by atoms with Gasteiger partial charge in [-0.25, -0.2) is 13.8 Å². The third-order valence-corrected chi connectivity index (χ3v) is 4.90. The first kappa shape index (κ1) is 19.1. The molecule has 1 atom stereocenters. The second kappa shape index (κ2) is 7.64. The number of halogens is 3. The molecule has 0 aliphatic heterocycles. The Morgan fingerprint density at radius 2 is 1.83 bits per heavy atom. The van der Waals surface area contributed by atoms with Crippen LogP contribution in [0.5, 0.6) is 5.75 Å². The zero-order valence-electron chi connectivity index (χ0n) is 15.3. The summed E-state index contributed by atoms with van der Waals surface area (Å²) in [6, 6.07) is 11.3. The molecule has 0 spiro atoms. The largest absolute Gasteiger partial charge is 0.505 e. The van der Waals surface area contributed by atoms with E-state index in [0.717, 1.165) is 17.0 Å². The molecule has 0 aliphatic carbocycles. The van der Waals surface area contributed by atoms with E-state index in [2.05, 4.69) is 15.3 Å². The molecule has 2 aromatic carbocycles. The summed E-state index contributed by atoms with van der Waals surface area (Å²) in [5.41, 5.74) is 1.68. The van der Waals surface area contributed by atoms with E-state index in [1.54, 1.807) is 37.4 Å². The van der Waals surface area contributed by atoms with Gasteiger partial charge in [0.1, 0.15) is 28.7 Å². The van der Waals surface area contributed by atoms with Crippen LogP contribution < -0.4 is 5.32 Å². The Hall–Kier alpha value is -3.25. The maximum absolute atomic E-state index is 14.7. The number of benzene rings is 2. The highest BCUT2D eigenvalue weighted by molar-refractivity contribution is 6.30. The summed E-state index contributed by atoms with van der Waals surface area (Å²) >= 11 is 5.98. The van der Waals surface area contributed by atoms with Gasteiger partial charge in [0, 0.05) is 35.0 Å². The Balaban J connectivity index is 1.89. The van der Waals surface area contributed by atoms with Crippen LogP contribution in [0, 0.1) is 18.6 Å². The van der Waals surface area contributed by atoms with Crippen molar-refractivity contribution in [2.45, 2.75) is 13.0 Å². The van der Waals surface area contributed by atoms with Gasteiger partial charge in [-0.1, -0.05) is 35.9 Å². The molecule has 0 saturated carbocycles. The summed E-state index contributed by atoms with van der Waals surface area (Å²) in [4.78, 5) is 8.50. The molecule has 0 radical (unpaired) electrons. The lowest BCUT2D eigenvalue weighted by atomic mass is 9.95. The Morgan fingerprint density at radius 3 is 2.59 bits per heavy atom. The normalized spacial score (nSPS) is 12.1. The molecule has 2 heterocycles. The summed E-state index contributed by atoms with van der Waals surface area (Å²) in [5, 5.41) is 15.2. The second-order valence-electron chi connectivity index (χ2n) is 6.64. The molecule has 4 aromatic rings. The van der Waals surface area contributed by atoms with E-state index in [0.29, 0.717) is 21.9 Å². The number of anilines is 1.